The van der Waals surface area contributed by atoms with Crippen LogP contribution in [0.5, 0.6) is 0 Å². The minimum atomic E-state index is -1.91. The van der Waals surface area contributed by atoms with Gasteiger partial charge < -0.3 is 0 Å². The zero-order valence-electron chi connectivity index (χ0n) is 9.33. The summed E-state index contributed by atoms with van der Waals surface area (Å²) in [5, 5.41) is 0. The first-order valence-corrected chi connectivity index (χ1v) is 7.31. The summed E-state index contributed by atoms with van der Waals surface area (Å²) in [6, 6.07) is 6.14. The normalized spacial score (nSPS) is 13.7. The van der Waals surface area contributed by atoms with Crippen molar-refractivity contribution in [2.75, 3.05) is 26.7 Å². The average molecular weight is 485 g/mol. The van der Waals surface area contributed by atoms with E-state index in [0.717, 1.165) is 0 Å². The van der Waals surface area contributed by atoms with Crippen LogP contribution in [-0.4, -0.2) is 26.7 Å². The molecule has 0 heterocycles. The van der Waals surface area contributed by atoms with Crippen LogP contribution in [0, 0.1) is 18.6 Å². The van der Waals surface area contributed by atoms with E-state index >= 15 is 0 Å². The predicted octanol–water partition coefficient (Wildman–Crippen LogP) is 4.64. The second-order valence-corrected chi connectivity index (χ2v) is 6.40. The Balaban J connectivity index is 3.22. The SMILES string of the molecule is FCC(c1cc(I)[c]c(I)c1)C(CF)(CF)CF. The Morgan fingerprint density at radius 2 is 1.44 bits per heavy atom. The molecule has 1 aromatic carbocycles. The lowest BCUT2D eigenvalue weighted by molar-refractivity contribution is 0.0690. The highest BCUT2D eigenvalue weighted by atomic mass is 127. The Bertz CT molecular complexity index is 365. The van der Waals surface area contributed by atoms with Crippen LogP contribution in [0.1, 0.15) is 11.5 Å². The fraction of sp³-hybridized carbons (Fsp3) is 0.500. The Labute approximate surface area is 131 Å². The second kappa shape index (κ2) is 7.25. The Morgan fingerprint density at radius 1 is 1.00 bits per heavy atom. The van der Waals surface area contributed by atoms with Crippen molar-refractivity contribution in [1.29, 1.82) is 0 Å². The van der Waals surface area contributed by atoms with Crippen molar-refractivity contribution in [3.63, 3.8) is 0 Å². The van der Waals surface area contributed by atoms with Crippen molar-refractivity contribution in [2.24, 2.45) is 5.41 Å². The van der Waals surface area contributed by atoms with Gasteiger partial charge in [-0.3, -0.25) is 17.6 Å². The molecule has 0 saturated carbocycles. The molecule has 0 aliphatic carbocycles. The zero-order chi connectivity index (χ0) is 13.8. The highest BCUT2D eigenvalue weighted by Gasteiger charge is 2.41. The summed E-state index contributed by atoms with van der Waals surface area (Å²) in [7, 11) is 0. The molecule has 6 heteroatoms. The molecule has 0 spiro atoms. The van der Waals surface area contributed by atoms with Crippen LogP contribution in [0.3, 0.4) is 0 Å². The molecule has 0 nitrogen and oxygen atoms in total. The van der Waals surface area contributed by atoms with Crippen molar-refractivity contribution in [3.05, 3.63) is 30.9 Å². The summed E-state index contributed by atoms with van der Waals surface area (Å²) in [6.45, 7) is -4.66. The highest BCUT2D eigenvalue weighted by Crippen LogP contribution is 2.39. The summed E-state index contributed by atoms with van der Waals surface area (Å²) in [4.78, 5) is 0. The van der Waals surface area contributed by atoms with Gasteiger partial charge in [-0.15, -0.1) is 0 Å². The Kier molecular flexibility index (Phi) is 6.63. The van der Waals surface area contributed by atoms with Gasteiger partial charge in [0.25, 0.3) is 0 Å². The summed E-state index contributed by atoms with van der Waals surface area (Å²) in [5.74, 6) is -1.12. The fourth-order valence-electron chi connectivity index (χ4n) is 1.71. The quantitative estimate of drug-likeness (QED) is 0.407. The fourth-order valence-corrected chi connectivity index (χ4v) is 3.53. The van der Waals surface area contributed by atoms with E-state index in [-0.39, 0.29) is 0 Å². The van der Waals surface area contributed by atoms with Crippen LogP contribution in [0.2, 0.25) is 0 Å². The van der Waals surface area contributed by atoms with Crippen molar-refractivity contribution >= 4 is 45.2 Å². The van der Waals surface area contributed by atoms with E-state index < -0.39 is 38.0 Å². The first kappa shape index (κ1) is 16.5. The van der Waals surface area contributed by atoms with Gasteiger partial charge in [0.2, 0.25) is 0 Å². The molecular formula is C12H11F4I2. The minimum Gasteiger partial charge on any atom is -0.250 e. The number of halogens is 6. The first-order chi connectivity index (χ1) is 8.52. The molecule has 0 bridgehead atoms. The Hall–Kier alpha value is 0.400. The number of benzene rings is 1. The first-order valence-electron chi connectivity index (χ1n) is 5.15. The molecule has 1 atom stereocenters. The van der Waals surface area contributed by atoms with Crippen LogP contribution in [0.4, 0.5) is 17.6 Å². The van der Waals surface area contributed by atoms with Gasteiger partial charge in [-0.1, -0.05) is 0 Å². The predicted molar refractivity (Wildman–Crippen MR) is 79.8 cm³/mol. The number of hydrogen-bond acceptors (Lipinski definition) is 0. The van der Waals surface area contributed by atoms with Gasteiger partial charge in [0.1, 0.15) is 20.0 Å². The summed E-state index contributed by atoms with van der Waals surface area (Å²) >= 11 is 3.96. The number of rotatable bonds is 6. The monoisotopic (exact) mass is 485 g/mol. The molecule has 1 radical (unpaired) electrons. The lowest BCUT2D eigenvalue weighted by atomic mass is 9.75. The van der Waals surface area contributed by atoms with E-state index in [0.29, 0.717) is 12.7 Å². The van der Waals surface area contributed by atoms with Gasteiger partial charge in [0, 0.05) is 19.1 Å². The van der Waals surface area contributed by atoms with Crippen LogP contribution < -0.4 is 0 Å². The van der Waals surface area contributed by atoms with Gasteiger partial charge in [-0.05, 0) is 62.9 Å². The zero-order valence-corrected chi connectivity index (χ0v) is 13.6. The third kappa shape index (κ3) is 3.49. The van der Waals surface area contributed by atoms with Crippen molar-refractivity contribution in [2.45, 2.75) is 5.92 Å². The molecule has 1 unspecified atom stereocenters. The molecule has 0 saturated heterocycles. The lowest BCUT2D eigenvalue weighted by Crippen LogP contribution is -2.37. The number of hydrogen-bond donors (Lipinski definition) is 0. The number of alkyl halides is 4. The van der Waals surface area contributed by atoms with Crippen molar-refractivity contribution in [1.82, 2.24) is 0 Å². The van der Waals surface area contributed by atoms with Gasteiger partial charge in [0.15, 0.2) is 0 Å². The van der Waals surface area contributed by atoms with Crippen molar-refractivity contribution in [3.8, 4) is 0 Å². The largest absolute Gasteiger partial charge is 0.250 e. The molecule has 101 valence electrons. The highest BCUT2D eigenvalue weighted by molar-refractivity contribution is 14.1. The minimum absolute atomic E-state index is 0.415. The third-order valence-electron chi connectivity index (χ3n) is 2.92. The molecule has 18 heavy (non-hydrogen) atoms. The topological polar surface area (TPSA) is 0 Å². The smallest absolute Gasteiger partial charge is 0.101 e. The van der Waals surface area contributed by atoms with Crippen LogP contribution in [0.25, 0.3) is 0 Å². The molecule has 0 aliphatic heterocycles. The molecule has 0 aromatic heterocycles. The molecule has 0 amide bonds. The van der Waals surface area contributed by atoms with E-state index in [1.807, 2.05) is 45.2 Å². The van der Waals surface area contributed by atoms with Gasteiger partial charge in [-0.2, -0.15) is 0 Å². The molecule has 0 aliphatic rings. The molecule has 1 rings (SSSR count). The second-order valence-electron chi connectivity index (χ2n) is 4.08. The van der Waals surface area contributed by atoms with Crippen LogP contribution in [0.15, 0.2) is 12.1 Å². The summed E-state index contributed by atoms with van der Waals surface area (Å²) in [5.41, 5.74) is -1.50. The third-order valence-corrected chi connectivity index (χ3v) is 4.08. The van der Waals surface area contributed by atoms with Gasteiger partial charge in [0.05, 0.1) is 12.1 Å². The maximum atomic E-state index is 13.1. The lowest BCUT2D eigenvalue weighted by Gasteiger charge is -2.32. The summed E-state index contributed by atoms with van der Waals surface area (Å²) < 4.78 is 53.5. The maximum absolute atomic E-state index is 13.1. The van der Waals surface area contributed by atoms with Gasteiger partial charge in [-0.25, -0.2) is 0 Å². The molecule has 1 aromatic rings. The van der Waals surface area contributed by atoms with E-state index in [1.165, 1.54) is 0 Å². The average Bonchev–Trinajstić information content (AvgIpc) is 2.35. The van der Waals surface area contributed by atoms with E-state index in [9.17, 15) is 17.6 Å². The molecular weight excluding hydrogens is 474 g/mol. The Morgan fingerprint density at radius 3 is 1.78 bits per heavy atom. The molecule has 0 N–H and O–H groups in total. The molecule has 0 fully saturated rings. The van der Waals surface area contributed by atoms with Gasteiger partial charge >= 0.3 is 0 Å². The van der Waals surface area contributed by atoms with Crippen LogP contribution in [-0.2, 0) is 0 Å². The van der Waals surface area contributed by atoms with E-state index in [4.69, 9.17) is 0 Å². The van der Waals surface area contributed by atoms with E-state index in [2.05, 4.69) is 6.07 Å². The van der Waals surface area contributed by atoms with Crippen molar-refractivity contribution < 1.29 is 17.6 Å². The van der Waals surface area contributed by atoms with E-state index in [1.54, 1.807) is 12.1 Å². The van der Waals surface area contributed by atoms with Crippen LogP contribution >= 0.6 is 45.2 Å². The standard InChI is InChI=1S/C12H11F4I2/c13-4-11(12(5-14,6-15)7-16)8-1-9(17)3-10(18)2-8/h1-2,11H,4-7H2. The summed E-state index contributed by atoms with van der Waals surface area (Å²) in [6.07, 6.45) is 0. The maximum Gasteiger partial charge on any atom is 0.101 e.